The standard InChI is InChI=1S/C12H24N2/c1-4-10-9-14(12(3)6-7-12)11(5-2)8-13-10/h10-11,13H,4-9H2,1-3H3. The molecule has 2 rings (SSSR count). The van der Waals surface area contributed by atoms with Gasteiger partial charge in [0.2, 0.25) is 0 Å². The lowest BCUT2D eigenvalue weighted by atomic mass is 10.0. The Morgan fingerprint density at radius 2 is 2.00 bits per heavy atom. The first-order chi connectivity index (χ1) is 6.69. The quantitative estimate of drug-likeness (QED) is 0.743. The normalized spacial score (nSPS) is 37.1. The first-order valence-electron chi connectivity index (χ1n) is 6.19. The fourth-order valence-electron chi connectivity index (χ4n) is 2.63. The van der Waals surface area contributed by atoms with E-state index in [1.807, 2.05) is 0 Å². The molecular formula is C12H24N2. The molecule has 1 saturated carbocycles. The molecule has 1 aliphatic carbocycles. The summed E-state index contributed by atoms with van der Waals surface area (Å²) in [6.07, 6.45) is 5.39. The van der Waals surface area contributed by atoms with Gasteiger partial charge in [-0.1, -0.05) is 13.8 Å². The van der Waals surface area contributed by atoms with Gasteiger partial charge in [0, 0.05) is 30.7 Å². The lowest BCUT2D eigenvalue weighted by molar-refractivity contribution is 0.0727. The maximum atomic E-state index is 3.66. The minimum atomic E-state index is 0.566. The second kappa shape index (κ2) is 3.82. The average molecular weight is 196 g/mol. The number of rotatable bonds is 3. The summed E-state index contributed by atoms with van der Waals surface area (Å²) in [5, 5.41) is 3.66. The predicted octanol–water partition coefficient (Wildman–Crippen LogP) is 2.00. The minimum Gasteiger partial charge on any atom is -0.311 e. The molecule has 2 fully saturated rings. The number of nitrogens with zero attached hydrogens (tertiary/aromatic N) is 1. The minimum absolute atomic E-state index is 0.566. The van der Waals surface area contributed by atoms with Crippen LogP contribution in [0.15, 0.2) is 0 Å². The van der Waals surface area contributed by atoms with Crippen LogP contribution >= 0.6 is 0 Å². The third kappa shape index (κ3) is 1.82. The summed E-state index contributed by atoms with van der Waals surface area (Å²) in [7, 11) is 0. The Balaban J connectivity index is 2.01. The van der Waals surface area contributed by atoms with Crippen molar-refractivity contribution in [2.24, 2.45) is 0 Å². The summed E-state index contributed by atoms with van der Waals surface area (Å²) in [6, 6.07) is 1.51. The topological polar surface area (TPSA) is 15.3 Å². The van der Waals surface area contributed by atoms with Crippen molar-refractivity contribution in [1.82, 2.24) is 10.2 Å². The zero-order valence-electron chi connectivity index (χ0n) is 9.84. The van der Waals surface area contributed by atoms with Crippen LogP contribution in [-0.2, 0) is 0 Å². The van der Waals surface area contributed by atoms with Gasteiger partial charge in [-0.25, -0.2) is 0 Å². The number of piperazine rings is 1. The zero-order valence-corrected chi connectivity index (χ0v) is 9.84. The summed E-state index contributed by atoms with van der Waals surface area (Å²) in [4.78, 5) is 2.78. The number of nitrogens with one attached hydrogen (secondary N) is 1. The maximum Gasteiger partial charge on any atom is 0.0224 e. The summed E-state index contributed by atoms with van der Waals surface area (Å²) in [5.41, 5.74) is 0.566. The van der Waals surface area contributed by atoms with Gasteiger partial charge in [0.05, 0.1) is 0 Å². The van der Waals surface area contributed by atoms with E-state index >= 15 is 0 Å². The predicted molar refractivity (Wildman–Crippen MR) is 60.5 cm³/mol. The summed E-state index contributed by atoms with van der Waals surface area (Å²) < 4.78 is 0. The Morgan fingerprint density at radius 1 is 1.29 bits per heavy atom. The molecule has 1 saturated heterocycles. The summed E-state index contributed by atoms with van der Waals surface area (Å²) in [6.45, 7) is 9.51. The van der Waals surface area contributed by atoms with Crippen molar-refractivity contribution < 1.29 is 0 Å². The highest BCUT2D eigenvalue weighted by atomic mass is 15.3. The van der Waals surface area contributed by atoms with Crippen molar-refractivity contribution in [2.45, 2.75) is 64.1 Å². The number of hydrogen-bond acceptors (Lipinski definition) is 2. The molecule has 82 valence electrons. The molecule has 1 heterocycles. The molecule has 1 N–H and O–H groups in total. The van der Waals surface area contributed by atoms with Gasteiger partial charge in [-0.2, -0.15) is 0 Å². The van der Waals surface area contributed by atoms with Crippen molar-refractivity contribution in [3.05, 3.63) is 0 Å². The van der Waals surface area contributed by atoms with Crippen LogP contribution < -0.4 is 5.32 Å². The molecule has 0 spiro atoms. The number of hydrogen-bond donors (Lipinski definition) is 1. The molecule has 2 unspecified atom stereocenters. The molecule has 0 aromatic rings. The van der Waals surface area contributed by atoms with Gasteiger partial charge in [0.15, 0.2) is 0 Å². The Kier molecular flexibility index (Phi) is 2.85. The Morgan fingerprint density at radius 3 is 2.50 bits per heavy atom. The Hall–Kier alpha value is -0.0800. The van der Waals surface area contributed by atoms with Crippen molar-refractivity contribution in [3.63, 3.8) is 0 Å². The molecule has 14 heavy (non-hydrogen) atoms. The van der Waals surface area contributed by atoms with E-state index in [0.29, 0.717) is 5.54 Å². The van der Waals surface area contributed by atoms with Crippen LogP contribution in [0.1, 0.15) is 46.5 Å². The van der Waals surface area contributed by atoms with Crippen molar-refractivity contribution in [1.29, 1.82) is 0 Å². The van der Waals surface area contributed by atoms with Crippen LogP contribution in [0.4, 0.5) is 0 Å². The van der Waals surface area contributed by atoms with E-state index in [1.165, 1.54) is 38.8 Å². The molecular weight excluding hydrogens is 172 g/mol. The highest BCUT2D eigenvalue weighted by Crippen LogP contribution is 2.43. The largest absolute Gasteiger partial charge is 0.311 e. The van der Waals surface area contributed by atoms with Crippen LogP contribution in [0, 0.1) is 0 Å². The van der Waals surface area contributed by atoms with Gasteiger partial charge in [-0.05, 0) is 32.6 Å². The molecule has 2 heteroatoms. The second-order valence-corrected chi connectivity index (χ2v) is 5.22. The first-order valence-corrected chi connectivity index (χ1v) is 6.19. The summed E-state index contributed by atoms with van der Waals surface area (Å²) in [5.74, 6) is 0. The van der Waals surface area contributed by atoms with Gasteiger partial charge < -0.3 is 5.32 Å². The fraction of sp³-hybridized carbons (Fsp3) is 1.00. The molecule has 0 aromatic heterocycles. The van der Waals surface area contributed by atoms with Gasteiger partial charge in [-0.3, -0.25) is 4.90 Å². The van der Waals surface area contributed by atoms with Crippen LogP contribution in [0.2, 0.25) is 0 Å². The monoisotopic (exact) mass is 196 g/mol. The van der Waals surface area contributed by atoms with Crippen molar-refractivity contribution in [2.75, 3.05) is 13.1 Å². The molecule has 0 radical (unpaired) electrons. The lowest BCUT2D eigenvalue weighted by Crippen LogP contribution is -2.59. The molecule has 0 amide bonds. The summed E-state index contributed by atoms with van der Waals surface area (Å²) >= 11 is 0. The van der Waals surface area contributed by atoms with Gasteiger partial charge in [0.1, 0.15) is 0 Å². The average Bonchev–Trinajstić information content (AvgIpc) is 2.97. The van der Waals surface area contributed by atoms with Crippen LogP contribution in [0.3, 0.4) is 0 Å². The second-order valence-electron chi connectivity index (χ2n) is 5.22. The van der Waals surface area contributed by atoms with Crippen LogP contribution in [0.25, 0.3) is 0 Å². The van der Waals surface area contributed by atoms with Gasteiger partial charge in [0.25, 0.3) is 0 Å². The third-order valence-electron chi connectivity index (χ3n) is 4.13. The molecule has 0 bridgehead atoms. The maximum absolute atomic E-state index is 3.66. The lowest BCUT2D eigenvalue weighted by Gasteiger charge is -2.44. The van der Waals surface area contributed by atoms with E-state index in [-0.39, 0.29) is 0 Å². The fourth-order valence-corrected chi connectivity index (χ4v) is 2.63. The van der Waals surface area contributed by atoms with Gasteiger partial charge >= 0.3 is 0 Å². The zero-order chi connectivity index (χ0) is 10.2. The van der Waals surface area contributed by atoms with E-state index in [9.17, 15) is 0 Å². The molecule has 2 aliphatic rings. The molecule has 1 aliphatic heterocycles. The van der Waals surface area contributed by atoms with E-state index < -0.39 is 0 Å². The van der Waals surface area contributed by atoms with Crippen molar-refractivity contribution >= 4 is 0 Å². The van der Waals surface area contributed by atoms with E-state index in [4.69, 9.17) is 0 Å². The van der Waals surface area contributed by atoms with Crippen LogP contribution in [-0.4, -0.2) is 35.6 Å². The van der Waals surface area contributed by atoms with Crippen LogP contribution in [0.5, 0.6) is 0 Å². The van der Waals surface area contributed by atoms with E-state index in [1.54, 1.807) is 0 Å². The third-order valence-corrected chi connectivity index (χ3v) is 4.13. The van der Waals surface area contributed by atoms with Gasteiger partial charge in [-0.15, -0.1) is 0 Å². The smallest absolute Gasteiger partial charge is 0.0224 e. The molecule has 2 atom stereocenters. The Bertz CT molecular complexity index is 198. The van der Waals surface area contributed by atoms with E-state index in [0.717, 1.165) is 12.1 Å². The molecule has 2 nitrogen and oxygen atoms in total. The highest BCUT2D eigenvalue weighted by molar-refractivity contribution is 5.04. The molecule has 0 aromatic carbocycles. The highest BCUT2D eigenvalue weighted by Gasteiger charge is 2.47. The first kappa shape index (κ1) is 10.4. The van der Waals surface area contributed by atoms with Crippen molar-refractivity contribution in [3.8, 4) is 0 Å². The SMILES string of the molecule is CCC1CN(C2(C)CC2)C(CC)CN1. The Labute approximate surface area is 88.1 Å². The van der Waals surface area contributed by atoms with E-state index in [2.05, 4.69) is 31.0 Å².